The van der Waals surface area contributed by atoms with Crippen LogP contribution in [0.15, 0.2) is 48.8 Å². The Labute approximate surface area is 195 Å². The number of hydrogen-bond donors (Lipinski definition) is 2. The van der Waals surface area contributed by atoms with Crippen LogP contribution in [0.4, 0.5) is 22.0 Å². The van der Waals surface area contributed by atoms with E-state index in [9.17, 15) is 4.79 Å². The zero-order valence-electron chi connectivity index (χ0n) is 19.2. The molecule has 0 radical (unpaired) electrons. The Balaban J connectivity index is 1.47. The number of nitrogens with one attached hydrogen (secondary N) is 2. The van der Waals surface area contributed by atoms with Crippen LogP contribution in [0.3, 0.4) is 0 Å². The van der Waals surface area contributed by atoms with Gasteiger partial charge < -0.3 is 20.4 Å². The van der Waals surface area contributed by atoms with Crippen LogP contribution in [0.5, 0.6) is 0 Å². The quantitative estimate of drug-likeness (QED) is 0.542. The molecule has 4 rings (SSSR count). The van der Waals surface area contributed by atoms with Crippen LogP contribution in [-0.2, 0) is 0 Å². The van der Waals surface area contributed by atoms with Gasteiger partial charge in [0, 0.05) is 41.5 Å². The molecule has 1 aliphatic heterocycles. The minimum absolute atomic E-state index is 0.0690. The topological polar surface area (TPSA) is 73.4 Å². The highest BCUT2D eigenvalue weighted by Gasteiger charge is 2.25. The lowest BCUT2D eigenvalue weighted by atomic mass is 10.0. The number of likely N-dealkylation sites (tertiary alicyclic amines) is 1. The third-order valence-electron chi connectivity index (χ3n) is 6.26. The molecular weight excluding hydrogens is 412 g/mol. The molecule has 0 spiro atoms. The summed E-state index contributed by atoms with van der Waals surface area (Å²) in [6.07, 6.45) is 9.05. The van der Waals surface area contributed by atoms with Gasteiger partial charge >= 0.3 is 6.03 Å². The van der Waals surface area contributed by atoms with E-state index in [0.29, 0.717) is 17.5 Å². The van der Waals surface area contributed by atoms with Crippen LogP contribution in [0, 0.1) is 12.3 Å². The van der Waals surface area contributed by atoms with Crippen LogP contribution in [0.25, 0.3) is 10.9 Å². The van der Waals surface area contributed by atoms with Crippen molar-refractivity contribution in [2.45, 2.75) is 32.7 Å². The van der Waals surface area contributed by atoms with E-state index in [1.165, 1.54) is 6.33 Å². The number of aromatic nitrogens is 2. The van der Waals surface area contributed by atoms with Gasteiger partial charge in [-0.3, -0.25) is 0 Å². The third kappa shape index (κ3) is 5.24. The summed E-state index contributed by atoms with van der Waals surface area (Å²) in [5.41, 5.74) is 3.14. The van der Waals surface area contributed by atoms with E-state index in [1.807, 2.05) is 47.4 Å². The van der Waals surface area contributed by atoms with E-state index in [0.717, 1.165) is 61.2 Å². The van der Waals surface area contributed by atoms with Crippen molar-refractivity contribution in [1.29, 1.82) is 0 Å². The number of carbonyl (C=O) groups excluding carboxylic acids is 1. The maximum absolute atomic E-state index is 12.9. The molecule has 1 fully saturated rings. The summed E-state index contributed by atoms with van der Waals surface area (Å²) in [4.78, 5) is 26.0. The number of anilines is 3. The molecular formula is C26H30N6O. The number of hydrogen-bond acceptors (Lipinski definition) is 5. The van der Waals surface area contributed by atoms with Crippen molar-refractivity contribution in [3.05, 3.63) is 54.4 Å². The normalized spacial score (nSPS) is 14.3. The number of benzene rings is 2. The van der Waals surface area contributed by atoms with Crippen molar-refractivity contribution in [3.8, 4) is 12.3 Å². The molecule has 2 heterocycles. The number of urea groups is 1. The lowest BCUT2D eigenvalue weighted by molar-refractivity contribution is 0.130. The summed E-state index contributed by atoms with van der Waals surface area (Å²) in [5, 5.41) is 7.19. The number of piperidine rings is 1. The highest BCUT2D eigenvalue weighted by molar-refractivity contribution is 5.96. The van der Waals surface area contributed by atoms with Crippen LogP contribution >= 0.6 is 0 Å². The molecule has 1 aliphatic rings. The molecule has 0 bridgehead atoms. The Kier molecular flexibility index (Phi) is 7.06. The summed E-state index contributed by atoms with van der Waals surface area (Å²) in [5.74, 6) is 3.30. The standard InChI is InChI=1S/C26H30N6O/c1-4-19-8-7-9-20(16-19)29-25-23-17-21(10-11-24(23)27-18-28-25)30-26(33)32-14-12-22(13-15-32)31(5-2)6-3/h1,7-11,16-18,22H,5-6,12-15H2,2-3H3,(H,30,33)(H,27,28,29). The van der Waals surface area contributed by atoms with Crippen molar-refractivity contribution in [2.24, 2.45) is 0 Å². The lowest BCUT2D eigenvalue weighted by Crippen LogP contribution is -2.47. The number of fused-ring (bicyclic) bond motifs is 1. The zero-order valence-corrected chi connectivity index (χ0v) is 19.2. The Morgan fingerprint density at radius 3 is 2.64 bits per heavy atom. The molecule has 2 amide bonds. The van der Waals surface area contributed by atoms with E-state index in [1.54, 1.807) is 0 Å². The first kappa shape index (κ1) is 22.6. The fourth-order valence-electron chi connectivity index (χ4n) is 4.43. The van der Waals surface area contributed by atoms with Gasteiger partial charge in [0.1, 0.15) is 12.1 Å². The second kappa shape index (κ2) is 10.3. The summed E-state index contributed by atoms with van der Waals surface area (Å²) in [7, 11) is 0. The van der Waals surface area contributed by atoms with E-state index in [4.69, 9.17) is 6.42 Å². The molecule has 2 N–H and O–H groups in total. The average molecular weight is 443 g/mol. The van der Waals surface area contributed by atoms with Gasteiger partial charge in [0.25, 0.3) is 0 Å². The van der Waals surface area contributed by atoms with Gasteiger partial charge in [0.15, 0.2) is 0 Å². The summed E-state index contributed by atoms with van der Waals surface area (Å²) >= 11 is 0. The van der Waals surface area contributed by atoms with Gasteiger partial charge in [-0.05, 0) is 62.3 Å². The highest BCUT2D eigenvalue weighted by atomic mass is 16.2. The monoisotopic (exact) mass is 442 g/mol. The van der Waals surface area contributed by atoms with Gasteiger partial charge in [-0.2, -0.15) is 0 Å². The maximum Gasteiger partial charge on any atom is 0.321 e. The highest BCUT2D eigenvalue weighted by Crippen LogP contribution is 2.26. The van der Waals surface area contributed by atoms with Gasteiger partial charge in [-0.1, -0.05) is 25.8 Å². The molecule has 33 heavy (non-hydrogen) atoms. The largest absolute Gasteiger partial charge is 0.340 e. The average Bonchev–Trinajstić information content (AvgIpc) is 2.85. The molecule has 0 unspecified atom stereocenters. The van der Waals surface area contributed by atoms with Crippen molar-refractivity contribution in [1.82, 2.24) is 19.8 Å². The van der Waals surface area contributed by atoms with Crippen LogP contribution < -0.4 is 10.6 Å². The van der Waals surface area contributed by atoms with E-state index < -0.39 is 0 Å². The molecule has 7 nitrogen and oxygen atoms in total. The summed E-state index contributed by atoms with van der Waals surface area (Å²) in [6, 6.07) is 13.8. The Morgan fingerprint density at radius 2 is 1.91 bits per heavy atom. The van der Waals surface area contributed by atoms with Crippen LogP contribution in [0.1, 0.15) is 32.3 Å². The number of nitrogens with zero attached hydrogens (tertiary/aromatic N) is 4. The maximum atomic E-state index is 12.9. The molecule has 7 heteroatoms. The molecule has 170 valence electrons. The SMILES string of the molecule is C#Cc1cccc(Nc2ncnc3ccc(NC(=O)N4CCC(N(CC)CC)CC4)cc23)c1. The first-order valence-corrected chi connectivity index (χ1v) is 11.5. The van der Waals surface area contributed by atoms with E-state index in [2.05, 4.69) is 45.3 Å². The predicted octanol–water partition coefficient (Wildman–Crippen LogP) is 4.69. The second-order valence-corrected chi connectivity index (χ2v) is 8.17. The zero-order chi connectivity index (χ0) is 23.2. The molecule has 2 aromatic carbocycles. The minimum Gasteiger partial charge on any atom is -0.340 e. The van der Waals surface area contributed by atoms with E-state index >= 15 is 0 Å². The lowest BCUT2D eigenvalue weighted by Gasteiger charge is -2.37. The molecule has 0 saturated carbocycles. The number of terminal acetylenes is 1. The van der Waals surface area contributed by atoms with E-state index in [-0.39, 0.29) is 6.03 Å². The number of carbonyl (C=O) groups is 1. The fourth-order valence-corrected chi connectivity index (χ4v) is 4.43. The summed E-state index contributed by atoms with van der Waals surface area (Å²) in [6.45, 7) is 8.03. The van der Waals surface area contributed by atoms with Crippen molar-refractivity contribution in [3.63, 3.8) is 0 Å². The van der Waals surface area contributed by atoms with Gasteiger partial charge in [-0.15, -0.1) is 6.42 Å². The summed E-state index contributed by atoms with van der Waals surface area (Å²) < 4.78 is 0. The van der Waals surface area contributed by atoms with Crippen molar-refractivity contribution >= 4 is 34.1 Å². The first-order chi connectivity index (χ1) is 16.1. The molecule has 3 aromatic rings. The van der Waals surface area contributed by atoms with Gasteiger partial charge in [0.2, 0.25) is 0 Å². The Bertz CT molecular complexity index is 1160. The van der Waals surface area contributed by atoms with Crippen LogP contribution in [0.2, 0.25) is 0 Å². The predicted molar refractivity (Wildman–Crippen MR) is 134 cm³/mol. The fraction of sp³-hybridized carbons (Fsp3) is 0.346. The Hall–Kier alpha value is -3.63. The molecule has 0 aliphatic carbocycles. The van der Waals surface area contributed by atoms with Crippen molar-refractivity contribution in [2.75, 3.05) is 36.8 Å². The molecule has 1 saturated heterocycles. The Morgan fingerprint density at radius 1 is 1.12 bits per heavy atom. The van der Waals surface area contributed by atoms with Gasteiger partial charge in [-0.25, -0.2) is 14.8 Å². The number of amides is 2. The number of rotatable bonds is 6. The smallest absolute Gasteiger partial charge is 0.321 e. The minimum atomic E-state index is -0.0690. The molecule has 1 aromatic heterocycles. The second-order valence-electron chi connectivity index (χ2n) is 8.17. The first-order valence-electron chi connectivity index (χ1n) is 11.5. The van der Waals surface area contributed by atoms with Crippen LogP contribution in [-0.4, -0.2) is 58.0 Å². The third-order valence-corrected chi connectivity index (χ3v) is 6.26. The van der Waals surface area contributed by atoms with Crippen molar-refractivity contribution < 1.29 is 4.79 Å². The molecule has 0 atom stereocenters. The van der Waals surface area contributed by atoms with Gasteiger partial charge in [0.05, 0.1) is 5.52 Å².